The fraction of sp³-hybridized carbons (Fsp3) is 0.632. The van der Waals surface area contributed by atoms with Crippen molar-refractivity contribution in [3.63, 3.8) is 0 Å². The van der Waals surface area contributed by atoms with Crippen LogP contribution in [0, 0.1) is 0 Å². The van der Waals surface area contributed by atoms with Crippen molar-refractivity contribution in [3.05, 3.63) is 29.8 Å². The smallest absolute Gasteiger partial charge is 0.279 e. The van der Waals surface area contributed by atoms with Crippen LogP contribution in [-0.2, 0) is 6.42 Å². The van der Waals surface area contributed by atoms with Gasteiger partial charge in [0.05, 0.1) is 0 Å². The van der Waals surface area contributed by atoms with Gasteiger partial charge in [0, 0.05) is 43.2 Å². The second kappa shape index (κ2) is 11.3. The zero-order valence-electron chi connectivity index (χ0n) is 15.6. The van der Waals surface area contributed by atoms with E-state index in [9.17, 15) is 4.79 Å². The molecule has 0 aliphatic carbocycles. The molecule has 4 nitrogen and oxygen atoms in total. The van der Waals surface area contributed by atoms with Crippen molar-refractivity contribution < 1.29 is 4.79 Å². The minimum Gasteiger partial charge on any atom is -0.369 e. The maximum atomic E-state index is 11.4. The van der Waals surface area contributed by atoms with Crippen molar-refractivity contribution >= 4 is 47.5 Å². The molecule has 7 heteroatoms. The molecule has 1 N–H and O–H groups in total. The number of halogens is 2. The Morgan fingerprint density at radius 3 is 2.46 bits per heavy atom. The molecule has 0 radical (unpaired) electrons. The highest BCUT2D eigenvalue weighted by atomic mass is 35.5. The fourth-order valence-electron chi connectivity index (χ4n) is 3.71. The number of para-hydroxylation sites is 1. The van der Waals surface area contributed by atoms with Crippen molar-refractivity contribution in [1.82, 2.24) is 10.2 Å². The summed E-state index contributed by atoms with van der Waals surface area (Å²) in [6.45, 7) is 10.0. The van der Waals surface area contributed by atoms with Crippen LogP contribution in [0.3, 0.4) is 0 Å². The van der Waals surface area contributed by atoms with E-state index >= 15 is 0 Å². The van der Waals surface area contributed by atoms with Gasteiger partial charge in [-0.1, -0.05) is 36.9 Å². The highest BCUT2D eigenvalue weighted by molar-refractivity contribution is 8.14. The van der Waals surface area contributed by atoms with Crippen molar-refractivity contribution in [1.29, 1.82) is 0 Å². The van der Waals surface area contributed by atoms with Gasteiger partial charge in [-0.25, -0.2) is 0 Å². The van der Waals surface area contributed by atoms with Gasteiger partial charge in [-0.2, -0.15) is 0 Å². The third kappa shape index (κ3) is 5.95. The topological polar surface area (TPSA) is 35.6 Å². The molecule has 1 aromatic rings. The van der Waals surface area contributed by atoms with E-state index in [1.165, 1.54) is 29.4 Å². The lowest BCUT2D eigenvalue weighted by Gasteiger charge is -2.37. The van der Waals surface area contributed by atoms with Crippen molar-refractivity contribution in [2.24, 2.45) is 0 Å². The van der Waals surface area contributed by atoms with Gasteiger partial charge in [-0.3, -0.25) is 9.69 Å². The number of hydrogen-bond donors (Lipinski definition) is 1. The molecule has 1 aromatic carbocycles. The normalized spacial score (nSPS) is 23.2. The number of thioether (sulfide) groups is 1. The lowest BCUT2D eigenvalue weighted by molar-refractivity contribution is 0.251. The van der Waals surface area contributed by atoms with E-state index in [0.717, 1.165) is 45.6 Å². The van der Waals surface area contributed by atoms with Crippen LogP contribution in [0.5, 0.6) is 0 Å². The summed E-state index contributed by atoms with van der Waals surface area (Å²) in [5, 5.41) is 3.60. The quantitative estimate of drug-likeness (QED) is 0.748. The van der Waals surface area contributed by atoms with Crippen LogP contribution in [0.15, 0.2) is 24.3 Å². The molecule has 2 heterocycles. The van der Waals surface area contributed by atoms with E-state index in [4.69, 9.17) is 0 Å². The van der Waals surface area contributed by atoms with Crippen LogP contribution in [0.25, 0.3) is 0 Å². The van der Waals surface area contributed by atoms with Gasteiger partial charge in [-0.05, 0) is 44.4 Å². The molecular weight excluding hydrogens is 389 g/mol. The lowest BCUT2D eigenvalue weighted by atomic mass is 10.1. The monoisotopic (exact) mass is 419 g/mol. The average Bonchev–Trinajstić information content (AvgIpc) is 2.93. The van der Waals surface area contributed by atoms with Crippen molar-refractivity contribution in [3.8, 4) is 0 Å². The Labute approximate surface area is 174 Å². The lowest BCUT2D eigenvalue weighted by Crippen LogP contribution is -2.47. The van der Waals surface area contributed by atoms with Gasteiger partial charge >= 0.3 is 0 Å². The minimum absolute atomic E-state index is 0. The highest BCUT2D eigenvalue weighted by Crippen LogP contribution is 2.27. The number of piperazine rings is 1. The third-order valence-corrected chi connectivity index (χ3v) is 6.49. The molecule has 0 bridgehead atoms. The third-order valence-electron chi connectivity index (χ3n) is 5.21. The Morgan fingerprint density at radius 1 is 1.15 bits per heavy atom. The Kier molecular flexibility index (Phi) is 10.2. The van der Waals surface area contributed by atoms with E-state index < -0.39 is 0 Å². The van der Waals surface area contributed by atoms with Crippen LogP contribution in [-0.4, -0.2) is 54.2 Å². The standard InChI is InChI=1S/C19H29N3OS.2ClH/c1-3-16-7-4-5-8-17(16)22-13-11-21(12-14-22)10-6-9-18-15(2)20-19(23)24-18;;/h4-5,7-8,15,18H,3,6,9-14H2,1-2H3,(H,20,23);2*1H. The summed E-state index contributed by atoms with van der Waals surface area (Å²) in [6, 6.07) is 9.12. The first-order valence-corrected chi connectivity index (χ1v) is 10.1. The number of hydrogen-bond acceptors (Lipinski definition) is 4. The Hall–Kier alpha value is -0.620. The molecule has 0 spiro atoms. The SMILES string of the molecule is CCc1ccccc1N1CCN(CCCC2SC(=O)NC2C)CC1.Cl.Cl. The highest BCUT2D eigenvalue weighted by Gasteiger charge is 2.29. The molecule has 0 saturated carbocycles. The van der Waals surface area contributed by atoms with Gasteiger partial charge in [0.15, 0.2) is 0 Å². The number of anilines is 1. The van der Waals surface area contributed by atoms with E-state index in [1.807, 2.05) is 0 Å². The van der Waals surface area contributed by atoms with Gasteiger partial charge in [0.2, 0.25) is 0 Å². The van der Waals surface area contributed by atoms with Crippen LogP contribution >= 0.6 is 36.6 Å². The van der Waals surface area contributed by atoms with E-state index in [-0.39, 0.29) is 30.1 Å². The van der Waals surface area contributed by atoms with Crippen LogP contribution in [0.4, 0.5) is 10.5 Å². The number of nitrogens with zero attached hydrogens (tertiary/aromatic N) is 2. The predicted molar refractivity (Wildman–Crippen MR) is 118 cm³/mol. The Balaban J connectivity index is 0.00000169. The average molecular weight is 420 g/mol. The summed E-state index contributed by atoms with van der Waals surface area (Å²) < 4.78 is 0. The molecule has 2 unspecified atom stereocenters. The fourth-order valence-corrected chi connectivity index (χ4v) is 4.79. The molecule has 2 aliphatic rings. The van der Waals surface area contributed by atoms with Gasteiger partial charge in [0.1, 0.15) is 0 Å². The molecule has 2 saturated heterocycles. The number of aryl methyl sites for hydroxylation is 1. The molecule has 3 rings (SSSR count). The molecule has 1 amide bonds. The second-order valence-corrected chi connectivity index (χ2v) is 8.04. The van der Waals surface area contributed by atoms with Crippen molar-refractivity contribution in [2.75, 3.05) is 37.6 Å². The number of benzene rings is 1. The second-order valence-electron chi connectivity index (χ2n) is 6.83. The zero-order chi connectivity index (χ0) is 16.9. The Bertz CT molecular complexity index is 567. The Morgan fingerprint density at radius 2 is 1.85 bits per heavy atom. The van der Waals surface area contributed by atoms with Crippen LogP contribution < -0.4 is 10.2 Å². The summed E-state index contributed by atoms with van der Waals surface area (Å²) in [5.74, 6) is 0. The van der Waals surface area contributed by atoms with E-state index in [1.54, 1.807) is 0 Å². The largest absolute Gasteiger partial charge is 0.369 e. The van der Waals surface area contributed by atoms with Gasteiger partial charge < -0.3 is 10.2 Å². The molecule has 26 heavy (non-hydrogen) atoms. The predicted octanol–water partition coefficient (Wildman–Crippen LogP) is 4.21. The maximum absolute atomic E-state index is 11.4. The number of nitrogens with one attached hydrogen (secondary N) is 1. The zero-order valence-corrected chi connectivity index (χ0v) is 18.1. The summed E-state index contributed by atoms with van der Waals surface area (Å²) in [5.41, 5.74) is 2.87. The summed E-state index contributed by atoms with van der Waals surface area (Å²) in [7, 11) is 0. The molecular formula is C19H31Cl2N3OS. The number of carbonyl (C=O) groups is 1. The maximum Gasteiger partial charge on any atom is 0.279 e. The van der Waals surface area contributed by atoms with E-state index in [0.29, 0.717) is 11.3 Å². The van der Waals surface area contributed by atoms with Gasteiger partial charge in [-0.15, -0.1) is 24.8 Å². The number of rotatable bonds is 6. The van der Waals surface area contributed by atoms with Gasteiger partial charge in [0.25, 0.3) is 5.24 Å². The molecule has 148 valence electrons. The van der Waals surface area contributed by atoms with Crippen LogP contribution in [0.1, 0.15) is 32.3 Å². The summed E-state index contributed by atoms with van der Waals surface area (Å²) in [4.78, 5) is 16.5. The minimum atomic E-state index is 0. The number of carbonyl (C=O) groups excluding carboxylic acids is 1. The summed E-state index contributed by atoms with van der Waals surface area (Å²) >= 11 is 1.49. The first-order chi connectivity index (χ1) is 11.7. The van der Waals surface area contributed by atoms with Crippen LogP contribution in [0.2, 0.25) is 0 Å². The molecule has 2 atom stereocenters. The summed E-state index contributed by atoms with van der Waals surface area (Å²) in [6.07, 6.45) is 3.41. The molecule has 0 aromatic heterocycles. The number of amides is 1. The first kappa shape index (κ1) is 23.4. The first-order valence-electron chi connectivity index (χ1n) is 9.19. The molecule has 2 aliphatic heterocycles. The molecule has 2 fully saturated rings. The van der Waals surface area contributed by atoms with E-state index in [2.05, 4.69) is 53.2 Å². The van der Waals surface area contributed by atoms with Crippen molar-refractivity contribution in [2.45, 2.75) is 44.4 Å².